The Hall–Kier alpha value is -0.240. The van der Waals surface area contributed by atoms with Crippen molar-refractivity contribution < 1.29 is 9.53 Å². The van der Waals surface area contributed by atoms with E-state index in [2.05, 4.69) is 6.92 Å². The predicted molar refractivity (Wildman–Crippen MR) is 61.8 cm³/mol. The second-order valence-electron chi connectivity index (χ2n) is 3.35. The third-order valence-electron chi connectivity index (χ3n) is 2.27. The van der Waals surface area contributed by atoms with Crippen LogP contribution in [0.15, 0.2) is 0 Å². The lowest BCUT2D eigenvalue weighted by molar-refractivity contribution is -0.148. The first kappa shape index (κ1) is 16.2. The Bertz CT molecular complexity index is 137. The number of carbonyl (C=O) groups is 1. The Labute approximate surface area is 93.8 Å². The lowest BCUT2D eigenvalue weighted by Gasteiger charge is -2.12. The SMILES string of the molecule is CCCCCC(CC)C(=O)OCC.Cl. The third-order valence-corrected chi connectivity index (χ3v) is 2.27. The minimum atomic E-state index is -0.0129. The standard InChI is InChI=1S/C11H22O2.ClH/c1-4-7-8-9-10(5-2)11(12)13-6-3;/h10H,4-9H2,1-3H3;1H. The van der Waals surface area contributed by atoms with E-state index in [0.29, 0.717) is 6.61 Å². The second kappa shape index (κ2) is 10.8. The van der Waals surface area contributed by atoms with Crippen molar-refractivity contribution in [2.24, 2.45) is 5.92 Å². The number of esters is 1. The summed E-state index contributed by atoms with van der Waals surface area (Å²) in [5, 5.41) is 0. The summed E-state index contributed by atoms with van der Waals surface area (Å²) >= 11 is 0. The molecule has 0 amide bonds. The lowest BCUT2D eigenvalue weighted by Crippen LogP contribution is -2.16. The Kier molecular flexibility index (Phi) is 12.5. The van der Waals surface area contributed by atoms with Gasteiger partial charge in [-0.05, 0) is 19.8 Å². The molecule has 3 heteroatoms. The van der Waals surface area contributed by atoms with Gasteiger partial charge in [0, 0.05) is 0 Å². The zero-order valence-electron chi connectivity index (χ0n) is 9.54. The number of ether oxygens (including phenoxy) is 1. The van der Waals surface area contributed by atoms with Crippen LogP contribution >= 0.6 is 12.4 Å². The van der Waals surface area contributed by atoms with Gasteiger partial charge in [0.2, 0.25) is 0 Å². The molecule has 0 N–H and O–H groups in total. The molecule has 0 aliphatic rings. The van der Waals surface area contributed by atoms with Crippen LogP contribution in [0.1, 0.15) is 52.9 Å². The van der Waals surface area contributed by atoms with Gasteiger partial charge >= 0.3 is 5.97 Å². The molecule has 0 bridgehead atoms. The number of carbonyl (C=O) groups excluding carboxylic acids is 1. The number of unbranched alkanes of at least 4 members (excludes halogenated alkanes) is 2. The highest BCUT2D eigenvalue weighted by atomic mass is 35.5. The van der Waals surface area contributed by atoms with Crippen LogP contribution < -0.4 is 0 Å². The largest absolute Gasteiger partial charge is 0.466 e. The number of rotatable bonds is 7. The van der Waals surface area contributed by atoms with Gasteiger partial charge in [-0.3, -0.25) is 4.79 Å². The van der Waals surface area contributed by atoms with Crippen molar-refractivity contribution in [1.29, 1.82) is 0 Å². The molecule has 0 radical (unpaired) electrons. The fourth-order valence-electron chi connectivity index (χ4n) is 1.39. The first-order chi connectivity index (χ1) is 6.26. The van der Waals surface area contributed by atoms with Crippen LogP contribution in [0.3, 0.4) is 0 Å². The molecule has 0 aromatic heterocycles. The monoisotopic (exact) mass is 222 g/mol. The summed E-state index contributed by atoms with van der Waals surface area (Å²) in [5.41, 5.74) is 0. The highest BCUT2D eigenvalue weighted by Gasteiger charge is 2.16. The summed E-state index contributed by atoms with van der Waals surface area (Å²) in [6.45, 7) is 6.58. The van der Waals surface area contributed by atoms with Crippen LogP contribution in [0.4, 0.5) is 0 Å². The number of hydrogen-bond acceptors (Lipinski definition) is 2. The Morgan fingerprint density at radius 2 is 1.86 bits per heavy atom. The summed E-state index contributed by atoms with van der Waals surface area (Å²) in [4.78, 5) is 11.3. The molecule has 0 aliphatic heterocycles. The van der Waals surface area contributed by atoms with Crippen LogP contribution in [0, 0.1) is 5.92 Å². The van der Waals surface area contributed by atoms with E-state index in [9.17, 15) is 4.79 Å². The smallest absolute Gasteiger partial charge is 0.308 e. The molecular formula is C11H23ClO2. The molecule has 0 rings (SSSR count). The fourth-order valence-corrected chi connectivity index (χ4v) is 1.39. The van der Waals surface area contributed by atoms with Gasteiger partial charge in [0.05, 0.1) is 12.5 Å². The lowest BCUT2D eigenvalue weighted by atomic mass is 9.99. The first-order valence-electron chi connectivity index (χ1n) is 5.42. The van der Waals surface area contributed by atoms with Crippen LogP contribution in [0.25, 0.3) is 0 Å². The number of hydrogen-bond donors (Lipinski definition) is 0. The molecule has 0 saturated carbocycles. The van der Waals surface area contributed by atoms with E-state index in [-0.39, 0.29) is 24.3 Å². The molecule has 1 unspecified atom stereocenters. The van der Waals surface area contributed by atoms with E-state index in [0.717, 1.165) is 19.3 Å². The molecule has 0 fully saturated rings. The molecule has 0 aromatic rings. The molecule has 0 aliphatic carbocycles. The molecule has 1 atom stereocenters. The van der Waals surface area contributed by atoms with Crippen LogP contribution in [-0.4, -0.2) is 12.6 Å². The van der Waals surface area contributed by atoms with Crippen LogP contribution in [0.2, 0.25) is 0 Å². The van der Waals surface area contributed by atoms with E-state index in [1.54, 1.807) is 0 Å². The molecule has 0 aromatic carbocycles. The van der Waals surface area contributed by atoms with Crippen molar-refractivity contribution in [2.45, 2.75) is 52.9 Å². The second-order valence-corrected chi connectivity index (χ2v) is 3.35. The number of halogens is 1. The minimum absolute atomic E-state index is 0. The van der Waals surface area contributed by atoms with E-state index >= 15 is 0 Å². The maximum absolute atomic E-state index is 11.3. The summed E-state index contributed by atoms with van der Waals surface area (Å²) in [5.74, 6) is 0.118. The highest BCUT2D eigenvalue weighted by Crippen LogP contribution is 2.14. The van der Waals surface area contributed by atoms with E-state index < -0.39 is 0 Å². The molecule has 0 spiro atoms. The van der Waals surface area contributed by atoms with E-state index in [1.165, 1.54) is 12.8 Å². The first-order valence-corrected chi connectivity index (χ1v) is 5.42. The van der Waals surface area contributed by atoms with Crippen molar-refractivity contribution in [2.75, 3.05) is 6.61 Å². The molecular weight excluding hydrogens is 200 g/mol. The summed E-state index contributed by atoms with van der Waals surface area (Å²) in [6.07, 6.45) is 5.47. The van der Waals surface area contributed by atoms with E-state index in [1.807, 2.05) is 13.8 Å². The average Bonchev–Trinajstić information content (AvgIpc) is 2.13. The Morgan fingerprint density at radius 3 is 2.29 bits per heavy atom. The molecule has 14 heavy (non-hydrogen) atoms. The van der Waals surface area contributed by atoms with Crippen molar-refractivity contribution in [3.63, 3.8) is 0 Å². The Morgan fingerprint density at radius 1 is 1.21 bits per heavy atom. The van der Waals surface area contributed by atoms with Gasteiger partial charge in [-0.15, -0.1) is 12.4 Å². The van der Waals surface area contributed by atoms with Crippen molar-refractivity contribution >= 4 is 18.4 Å². The van der Waals surface area contributed by atoms with Gasteiger partial charge < -0.3 is 4.74 Å². The quantitative estimate of drug-likeness (QED) is 0.486. The normalized spacial score (nSPS) is 11.6. The third kappa shape index (κ3) is 7.19. The molecule has 0 saturated heterocycles. The zero-order valence-corrected chi connectivity index (χ0v) is 10.4. The van der Waals surface area contributed by atoms with Crippen LogP contribution in [0.5, 0.6) is 0 Å². The topological polar surface area (TPSA) is 26.3 Å². The van der Waals surface area contributed by atoms with Gasteiger partial charge in [0.15, 0.2) is 0 Å². The summed E-state index contributed by atoms with van der Waals surface area (Å²) < 4.78 is 4.99. The van der Waals surface area contributed by atoms with Crippen molar-refractivity contribution in [3.05, 3.63) is 0 Å². The molecule has 0 heterocycles. The van der Waals surface area contributed by atoms with E-state index in [4.69, 9.17) is 4.74 Å². The van der Waals surface area contributed by atoms with Gasteiger partial charge in [0.25, 0.3) is 0 Å². The average molecular weight is 223 g/mol. The van der Waals surface area contributed by atoms with Gasteiger partial charge in [-0.2, -0.15) is 0 Å². The summed E-state index contributed by atoms with van der Waals surface area (Å²) in [7, 11) is 0. The van der Waals surface area contributed by atoms with Gasteiger partial charge in [0.1, 0.15) is 0 Å². The Balaban J connectivity index is 0. The maximum atomic E-state index is 11.3. The van der Waals surface area contributed by atoms with Crippen molar-refractivity contribution in [1.82, 2.24) is 0 Å². The summed E-state index contributed by atoms with van der Waals surface area (Å²) in [6, 6.07) is 0. The zero-order chi connectivity index (χ0) is 10.1. The fraction of sp³-hybridized carbons (Fsp3) is 0.909. The van der Waals surface area contributed by atoms with Crippen molar-refractivity contribution in [3.8, 4) is 0 Å². The molecule has 2 nitrogen and oxygen atoms in total. The minimum Gasteiger partial charge on any atom is -0.466 e. The van der Waals surface area contributed by atoms with Crippen LogP contribution in [-0.2, 0) is 9.53 Å². The highest BCUT2D eigenvalue weighted by molar-refractivity contribution is 5.85. The van der Waals surface area contributed by atoms with Gasteiger partial charge in [-0.1, -0.05) is 33.1 Å². The predicted octanol–water partition coefficient (Wildman–Crippen LogP) is 3.58. The van der Waals surface area contributed by atoms with Gasteiger partial charge in [-0.25, -0.2) is 0 Å². The maximum Gasteiger partial charge on any atom is 0.308 e. The molecule has 86 valence electrons.